The highest BCUT2D eigenvalue weighted by molar-refractivity contribution is 5.56. The fraction of sp³-hybridized carbons (Fsp3) is 0.364. The third-order valence-electron chi connectivity index (χ3n) is 2.16. The zero-order valence-electron chi connectivity index (χ0n) is 8.06. The first kappa shape index (κ1) is 9.73. The maximum Gasteiger partial charge on any atom is 0.225 e. The van der Waals surface area contributed by atoms with Crippen molar-refractivity contribution in [1.29, 1.82) is 0 Å². The Hall–Kier alpha value is -1.36. The molecule has 0 radical (unpaired) electrons. The minimum atomic E-state index is -0.420. The van der Waals surface area contributed by atoms with E-state index in [0.717, 1.165) is 11.1 Å². The number of rotatable bonds is 1. The van der Waals surface area contributed by atoms with Crippen molar-refractivity contribution < 1.29 is 4.39 Å². The Kier molecular flexibility index (Phi) is 2.67. The summed E-state index contributed by atoms with van der Waals surface area (Å²) in [4.78, 5) is 3.19. The molecule has 13 heavy (non-hydrogen) atoms. The molecule has 0 unspecified atom stereocenters. The quantitative estimate of drug-likeness (QED) is 0.574. The molecule has 0 spiro atoms. The Labute approximate surface area is 78.0 Å². The third-order valence-corrected chi connectivity index (χ3v) is 2.16. The molecule has 0 fully saturated rings. The van der Waals surface area contributed by atoms with Crippen LogP contribution in [0.3, 0.4) is 0 Å². The van der Waals surface area contributed by atoms with Gasteiger partial charge in [-0.3, -0.25) is 0 Å². The van der Waals surface area contributed by atoms with Crippen LogP contribution in [0.4, 0.5) is 10.1 Å². The smallest absolute Gasteiger partial charge is 0.225 e. The van der Waals surface area contributed by atoms with Crippen LogP contribution in [0.25, 0.3) is 4.85 Å². The maximum absolute atomic E-state index is 13.1. The van der Waals surface area contributed by atoms with E-state index in [1.165, 1.54) is 6.07 Å². The molecule has 0 aliphatic carbocycles. The highest BCUT2D eigenvalue weighted by Gasteiger charge is 2.11. The number of hydrogen-bond donors (Lipinski definition) is 0. The van der Waals surface area contributed by atoms with E-state index in [1.54, 1.807) is 13.0 Å². The first-order valence-corrected chi connectivity index (χ1v) is 4.24. The van der Waals surface area contributed by atoms with Gasteiger partial charge in [-0.2, -0.15) is 0 Å². The van der Waals surface area contributed by atoms with Gasteiger partial charge in [-0.25, -0.2) is 9.24 Å². The summed E-state index contributed by atoms with van der Waals surface area (Å²) in [5, 5.41) is 0. The summed E-state index contributed by atoms with van der Waals surface area (Å²) in [5.41, 5.74) is 1.98. The van der Waals surface area contributed by atoms with Crippen molar-refractivity contribution in [2.45, 2.75) is 26.7 Å². The SMILES string of the molecule is [C-]#[N+]c1c(F)ccc(C(C)C)c1C. The number of hydrogen-bond acceptors (Lipinski definition) is 0. The maximum atomic E-state index is 13.1. The highest BCUT2D eigenvalue weighted by Crippen LogP contribution is 2.29. The fourth-order valence-corrected chi connectivity index (χ4v) is 1.45. The van der Waals surface area contributed by atoms with Gasteiger partial charge in [0.1, 0.15) is 5.82 Å². The Morgan fingerprint density at radius 3 is 2.46 bits per heavy atom. The van der Waals surface area contributed by atoms with Crippen LogP contribution in [0.5, 0.6) is 0 Å². The summed E-state index contributed by atoms with van der Waals surface area (Å²) < 4.78 is 13.1. The zero-order valence-corrected chi connectivity index (χ0v) is 8.06. The molecule has 0 amide bonds. The largest absolute Gasteiger partial charge is 0.235 e. The van der Waals surface area contributed by atoms with Crippen LogP contribution in [-0.4, -0.2) is 0 Å². The minimum Gasteiger partial charge on any atom is -0.235 e. The van der Waals surface area contributed by atoms with Gasteiger partial charge >= 0.3 is 0 Å². The highest BCUT2D eigenvalue weighted by atomic mass is 19.1. The van der Waals surface area contributed by atoms with Gasteiger partial charge in [0.2, 0.25) is 5.69 Å². The average Bonchev–Trinajstić information content (AvgIpc) is 2.04. The molecule has 0 heterocycles. The van der Waals surface area contributed by atoms with E-state index in [9.17, 15) is 4.39 Å². The molecule has 1 nitrogen and oxygen atoms in total. The second-order valence-corrected chi connectivity index (χ2v) is 3.38. The molecule has 1 rings (SSSR count). The average molecular weight is 177 g/mol. The summed E-state index contributed by atoms with van der Waals surface area (Å²) in [5.74, 6) is -0.0852. The van der Waals surface area contributed by atoms with Crippen LogP contribution in [0.1, 0.15) is 30.9 Å². The van der Waals surface area contributed by atoms with E-state index in [-0.39, 0.29) is 5.69 Å². The third kappa shape index (κ3) is 1.70. The van der Waals surface area contributed by atoms with Gasteiger partial charge in [-0.15, -0.1) is 0 Å². The van der Waals surface area contributed by atoms with Crippen LogP contribution in [0, 0.1) is 19.3 Å². The molecule has 0 aliphatic rings. The van der Waals surface area contributed by atoms with Crippen molar-refractivity contribution in [3.8, 4) is 0 Å². The lowest BCUT2D eigenvalue weighted by Crippen LogP contribution is -1.93. The zero-order chi connectivity index (χ0) is 10.0. The molecule has 0 saturated carbocycles. The first-order chi connectivity index (χ1) is 6.07. The molecule has 0 atom stereocenters. The molecule has 2 heteroatoms. The Morgan fingerprint density at radius 2 is 2.00 bits per heavy atom. The number of halogens is 1. The lowest BCUT2D eigenvalue weighted by molar-refractivity contribution is 0.631. The van der Waals surface area contributed by atoms with Crippen LogP contribution in [0.15, 0.2) is 12.1 Å². The lowest BCUT2D eigenvalue weighted by atomic mass is 9.97. The van der Waals surface area contributed by atoms with Gasteiger partial charge in [0, 0.05) is 0 Å². The molecule has 0 aromatic heterocycles. The van der Waals surface area contributed by atoms with Crippen LogP contribution in [-0.2, 0) is 0 Å². The van der Waals surface area contributed by atoms with E-state index in [1.807, 2.05) is 13.8 Å². The van der Waals surface area contributed by atoms with E-state index < -0.39 is 5.82 Å². The van der Waals surface area contributed by atoms with Crippen LogP contribution >= 0.6 is 0 Å². The molecule has 68 valence electrons. The normalized spacial score (nSPS) is 10.2. The standard InChI is InChI=1S/C11H12FN/c1-7(2)9-5-6-10(12)11(13-4)8(9)3/h5-7H,1-3H3. The fourth-order valence-electron chi connectivity index (χ4n) is 1.45. The molecular formula is C11H12FN. The predicted octanol–water partition coefficient (Wildman–Crippen LogP) is 3.81. The molecule has 0 aliphatic heterocycles. The lowest BCUT2D eigenvalue weighted by Gasteiger charge is -2.10. The van der Waals surface area contributed by atoms with Gasteiger partial charge in [0.15, 0.2) is 0 Å². The van der Waals surface area contributed by atoms with Crippen molar-refractivity contribution in [1.82, 2.24) is 0 Å². The molecule has 0 N–H and O–H groups in total. The van der Waals surface area contributed by atoms with Crippen LogP contribution < -0.4 is 0 Å². The molecule has 0 bridgehead atoms. The Morgan fingerprint density at radius 1 is 1.38 bits per heavy atom. The number of benzene rings is 1. The van der Waals surface area contributed by atoms with Crippen molar-refractivity contribution in [2.24, 2.45) is 0 Å². The molecule has 1 aromatic rings. The number of nitrogens with zero attached hydrogens (tertiary/aromatic N) is 1. The van der Waals surface area contributed by atoms with Gasteiger partial charge < -0.3 is 0 Å². The van der Waals surface area contributed by atoms with Crippen molar-refractivity contribution in [3.05, 3.63) is 40.5 Å². The van der Waals surface area contributed by atoms with E-state index in [4.69, 9.17) is 6.57 Å². The first-order valence-electron chi connectivity index (χ1n) is 4.24. The van der Waals surface area contributed by atoms with Crippen molar-refractivity contribution in [2.75, 3.05) is 0 Å². The minimum absolute atomic E-state index is 0.159. The second-order valence-electron chi connectivity index (χ2n) is 3.38. The monoisotopic (exact) mass is 177 g/mol. The van der Waals surface area contributed by atoms with Crippen molar-refractivity contribution in [3.63, 3.8) is 0 Å². The van der Waals surface area contributed by atoms with E-state index >= 15 is 0 Å². The van der Waals surface area contributed by atoms with Crippen molar-refractivity contribution >= 4 is 5.69 Å². The topological polar surface area (TPSA) is 4.36 Å². The van der Waals surface area contributed by atoms with Gasteiger partial charge in [-0.1, -0.05) is 25.5 Å². The van der Waals surface area contributed by atoms with Gasteiger partial charge in [0.25, 0.3) is 0 Å². The Balaban J connectivity index is 3.38. The van der Waals surface area contributed by atoms with Gasteiger partial charge in [0.05, 0.1) is 6.57 Å². The summed E-state index contributed by atoms with van der Waals surface area (Å²) in [6.07, 6.45) is 0. The van der Waals surface area contributed by atoms with Crippen LogP contribution in [0.2, 0.25) is 0 Å². The predicted molar refractivity (Wildman–Crippen MR) is 51.5 cm³/mol. The summed E-state index contributed by atoms with van der Waals surface area (Å²) in [6.45, 7) is 12.7. The summed E-state index contributed by atoms with van der Waals surface area (Å²) in [6, 6.07) is 3.12. The second kappa shape index (κ2) is 3.57. The molecule has 0 saturated heterocycles. The Bertz CT molecular complexity index is 361. The van der Waals surface area contributed by atoms with E-state index in [2.05, 4.69) is 4.85 Å². The van der Waals surface area contributed by atoms with E-state index in [0.29, 0.717) is 5.92 Å². The summed E-state index contributed by atoms with van der Waals surface area (Å²) in [7, 11) is 0. The van der Waals surface area contributed by atoms with Gasteiger partial charge in [-0.05, 0) is 24.5 Å². The molecule has 1 aromatic carbocycles. The summed E-state index contributed by atoms with van der Waals surface area (Å²) >= 11 is 0. The molecular weight excluding hydrogens is 165 g/mol.